The van der Waals surface area contributed by atoms with Gasteiger partial charge in [0.15, 0.2) is 5.75 Å². The fraction of sp³-hybridized carbons (Fsp3) is 0.0833. The second-order valence-electron chi connectivity index (χ2n) is 3.77. The molecule has 0 saturated heterocycles. The number of anilines is 1. The zero-order valence-corrected chi connectivity index (χ0v) is 11.2. The van der Waals surface area contributed by atoms with Crippen LogP contribution in [0.4, 0.5) is 18.9 Å². The van der Waals surface area contributed by atoms with Gasteiger partial charge in [-0.15, -0.1) is 0 Å². The van der Waals surface area contributed by atoms with E-state index < -0.39 is 11.9 Å². The number of halogens is 5. The highest BCUT2D eigenvalue weighted by Gasteiger charge is 2.32. The zero-order valence-electron chi connectivity index (χ0n) is 9.71. The molecule has 0 saturated carbocycles. The molecule has 0 aliphatic carbocycles. The minimum absolute atomic E-state index is 0.0752. The molecule has 0 aliphatic rings. The molecular weight excluding hydrogens is 316 g/mol. The van der Waals surface area contributed by atoms with E-state index in [1.165, 1.54) is 24.3 Å². The summed E-state index contributed by atoms with van der Waals surface area (Å²) in [6, 6.07) is 5.94. The first-order valence-corrected chi connectivity index (χ1v) is 5.99. The number of ether oxygens (including phenoxy) is 1. The molecular formula is C12H7Cl2F3N2O. The van der Waals surface area contributed by atoms with E-state index in [1.54, 1.807) is 0 Å². The number of aromatic nitrogens is 1. The Kier molecular flexibility index (Phi) is 3.96. The maximum Gasteiger partial charge on any atom is 0.433 e. The first kappa shape index (κ1) is 14.7. The second-order valence-corrected chi connectivity index (χ2v) is 4.58. The van der Waals surface area contributed by atoms with Crippen molar-refractivity contribution in [1.82, 2.24) is 4.98 Å². The third kappa shape index (κ3) is 3.26. The molecule has 0 amide bonds. The van der Waals surface area contributed by atoms with Crippen molar-refractivity contribution in [3.8, 4) is 11.6 Å². The van der Waals surface area contributed by atoms with E-state index >= 15 is 0 Å². The number of rotatable bonds is 2. The first-order valence-electron chi connectivity index (χ1n) is 5.24. The lowest BCUT2D eigenvalue weighted by Gasteiger charge is -2.11. The van der Waals surface area contributed by atoms with Crippen LogP contribution in [-0.4, -0.2) is 4.98 Å². The summed E-state index contributed by atoms with van der Waals surface area (Å²) in [7, 11) is 0. The normalized spacial score (nSPS) is 11.4. The molecule has 0 aliphatic heterocycles. The summed E-state index contributed by atoms with van der Waals surface area (Å²) in [6.45, 7) is 0. The molecule has 0 radical (unpaired) electrons. The Labute approximate surface area is 122 Å². The Bertz CT molecular complexity index is 647. The highest BCUT2D eigenvalue weighted by molar-refractivity contribution is 6.42. The first-order chi connectivity index (χ1) is 9.27. The van der Waals surface area contributed by atoms with Gasteiger partial charge in [0.05, 0.1) is 15.7 Å². The molecule has 0 spiro atoms. The summed E-state index contributed by atoms with van der Waals surface area (Å²) in [5.41, 5.74) is 4.72. The summed E-state index contributed by atoms with van der Waals surface area (Å²) in [6.07, 6.45) is -4.55. The highest BCUT2D eigenvalue weighted by atomic mass is 35.5. The molecule has 8 heteroatoms. The van der Waals surface area contributed by atoms with E-state index in [0.717, 1.165) is 6.07 Å². The number of nitrogens with zero attached hydrogens (tertiary/aromatic N) is 1. The molecule has 1 heterocycles. The summed E-state index contributed by atoms with van der Waals surface area (Å²) in [4.78, 5) is 3.35. The fourth-order valence-electron chi connectivity index (χ4n) is 1.37. The van der Waals surface area contributed by atoms with Crippen molar-refractivity contribution >= 4 is 28.9 Å². The van der Waals surface area contributed by atoms with Crippen LogP contribution in [0.1, 0.15) is 5.69 Å². The minimum atomic E-state index is -4.55. The topological polar surface area (TPSA) is 48.1 Å². The van der Waals surface area contributed by atoms with Crippen LogP contribution in [0.3, 0.4) is 0 Å². The van der Waals surface area contributed by atoms with E-state index in [-0.39, 0.29) is 27.4 Å². The van der Waals surface area contributed by atoms with Crippen LogP contribution in [0.5, 0.6) is 11.6 Å². The van der Waals surface area contributed by atoms with Gasteiger partial charge in [0.2, 0.25) is 5.88 Å². The number of pyridine rings is 1. The quantitative estimate of drug-likeness (QED) is 0.809. The van der Waals surface area contributed by atoms with Gasteiger partial charge in [-0.25, -0.2) is 4.98 Å². The summed E-state index contributed by atoms with van der Waals surface area (Å²) < 4.78 is 42.8. The van der Waals surface area contributed by atoms with Crippen LogP contribution in [0.25, 0.3) is 0 Å². The Morgan fingerprint density at radius 1 is 1.10 bits per heavy atom. The average Bonchev–Trinajstić information content (AvgIpc) is 2.35. The molecule has 106 valence electrons. The van der Waals surface area contributed by atoms with Crippen molar-refractivity contribution in [2.75, 3.05) is 5.73 Å². The summed E-state index contributed by atoms with van der Waals surface area (Å²) >= 11 is 11.5. The van der Waals surface area contributed by atoms with Crippen molar-refractivity contribution in [3.63, 3.8) is 0 Å². The lowest BCUT2D eigenvalue weighted by atomic mass is 10.3. The predicted octanol–water partition coefficient (Wildman–Crippen LogP) is 4.78. The number of hydrogen-bond acceptors (Lipinski definition) is 3. The molecule has 2 aromatic rings. The maximum atomic E-state index is 12.5. The number of benzene rings is 1. The third-order valence-electron chi connectivity index (χ3n) is 2.28. The van der Waals surface area contributed by atoms with Crippen LogP contribution < -0.4 is 10.5 Å². The van der Waals surface area contributed by atoms with Gasteiger partial charge in [0, 0.05) is 12.1 Å². The molecule has 0 bridgehead atoms. The zero-order chi connectivity index (χ0) is 14.9. The van der Waals surface area contributed by atoms with Crippen LogP contribution in [-0.2, 0) is 6.18 Å². The molecule has 0 atom stereocenters. The Balaban J connectivity index is 2.33. The van der Waals surface area contributed by atoms with E-state index in [0.29, 0.717) is 0 Å². The van der Waals surface area contributed by atoms with Gasteiger partial charge in [-0.05, 0) is 12.1 Å². The SMILES string of the molecule is Nc1cc(Cl)c(Cl)cc1Oc1cccc(C(F)(F)F)n1. The molecule has 0 fully saturated rings. The van der Waals surface area contributed by atoms with E-state index in [9.17, 15) is 13.2 Å². The van der Waals surface area contributed by atoms with E-state index in [4.69, 9.17) is 33.7 Å². The van der Waals surface area contributed by atoms with Crippen molar-refractivity contribution in [1.29, 1.82) is 0 Å². The van der Waals surface area contributed by atoms with Crippen molar-refractivity contribution in [2.45, 2.75) is 6.18 Å². The van der Waals surface area contributed by atoms with Crippen LogP contribution in [0.15, 0.2) is 30.3 Å². The average molecular weight is 323 g/mol. The largest absolute Gasteiger partial charge is 0.437 e. The van der Waals surface area contributed by atoms with Gasteiger partial charge >= 0.3 is 6.18 Å². The number of hydrogen-bond donors (Lipinski definition) is 1. The Morgan fingerprint density at radius 2 is 1.75 bits per heavy atom. The molecule has 3 nitrogen and oxygen atoms in total. The third-order valence-corrected chi connectivity index (χ3v) is 3.00. The lowest BCUT2D eigenvalue weighted by molar-refractivity contribution is -0.141. The van der Waals surface area contributed by atoms with Gasteiger partial charge in [0.25, 0.3) is 0 Å². The fourth-order valence-corrected chi connectivity index (χ4v) is 1.70. The number of alkyl halides is 3. The van der Waals surface area contributed by atoms with Gasteiger partial charge in [-0.2, -0.15) is 13.2 Å². The Hall–Kier alpha value is -1.66. The smallest absolute Gasteiger partial charge is 0.433 e. The molecule has 2 rings (SSSR count). The summed E-state index contributed by atoms with van der Waals surface area (Å²) in [5, 5.41) is 0.386. The molecule has 0 unspecified atom stereocenters. The molecule has 1 aromatic heterocycles. The molecule has 20 heavy (non-hydrogen) atoms. The maximum absolute atomic E-state index is 12.5. The van der Waals surface area contributed by atoms with Gasteiger partial charge < -0.3 is 10.5 Å². The summed E-state index contributed by atoms with van der Waals surface area (Å²) in [5.74, 6) is -0.170. The monoisotopic (exact) mass is 322 g/mol. The molecule has 1 aromatic carbocycles. The van der Waals surface area contributed by atoms with Crippen LogP contribution in [0, 0.1) is 0 Å². The van der Waals surface area contributed by atoms with Gasteiger partial charge in [0.1, 0.15) is 5.69 Å². The van der Waals surface area contributed by atoms with Crippen LogP contribution in [0.2, 0.25) is 10.0 Å². The number of nitrogens with two attached hydrogens (primary N) is 1. The highest BCUT2D eigenvalue weighted by Crippen LogP contribution is 2.35. The van der Waals surface area contributed by atoms with Gasteiger partial charge in [-0.1, -0.05) is 29.3 Å². The van der Waals surface area contributed by atoms with E-state index in [1.807, 2.05) is 0 Å². The van der Waals surface area contributed by atoms with Crippen molar-refractivity contribution in [3.05, 3.63) is 46.1 Å². The van der Waals surface area contributed by atoms with E-state index in [2.05, 4.69) is 4.98 Å². The predicted molar refractivity (Wildman–Crippen MR) is 70.2 cm³/mol. The lowest BCUT2D eigenvalue weighted by Crippen LogP contribution is -2.08. The van der Waals surface area contributed by atoms with Gasteiger partial charge in [-0.3, -0.25) is 0 Å². The van der Waals surface area contributed by atoms with Crippen molar-refractivity contribution in [2.24, 2.45) is 0 Å². The minimum Gasteiger partial charge on any atom is -0.437 e. The Morgan fingerprint density at radius 3 is 2.40 bits per heavy atom. The standard InChI is InChI=1S/C12H7Cl2F3N2O/c13-6-4-8(18)9(5-7(6)14)20-11-3-1-2-10(19-11)12(15,16)17/h1-5H,18H2. The van der Waals surface area contributed by atoms with Crippen molar-refractivity contribution < 1.29 is 17.9 Å². The number of nitrogen functional groups attached to an aromatic ring is 1. The van der Waals surface area contributed by atoms with Crippen LogP contribution >= 0.6 is 23.2 Å². The second kappa shape index (κ2) is 5.38. The molecule has 2 N–H and O–H groups in total.